The maximum Gasteiger partial charge on any atom is 0.416 e. The molecule has 142 valence electrons. The number of hydrogen-bond acceptors (Lipinski definition) is 4. The third-order valence-electron chi connectivity index (χ3n) is 3.46. The van der Waals surface area contributed by atoms with Crippen LogP contribution in [0.3, 0.4) is 0 Å². The van der Waals surface area contributed by atoms with Crippen LogP contribution in [0.15, 0.2) is 41.3 Å². The van der Waals surface area contributed by atoms with Crippen LogP contribution in [-0.4, -0.2) is 22.6 Å². The Kier molecular flexibility index (Phi) is 6.05. The van der Waals surface area contributed by atoms with Gasteiger partial charge in [-0.3, -0.25) is 0 Å². The van der Waals surface area contributed by atoms with Gasteiger partial charge in [-0.1, -0.05) is 17.7 Å². The Bertz CT molecular complexity index is 901. The van der Waals surface area contributed by atoms with Gasteiger partial charge in [0.2, 0.25) is 10.0 Å². The fourth-order valence-electron chi connectivity index (χ4n) is 2.13. The van der Waals surface area contributed by atoms with Crippen LogP contribution < -0.4 is 14.2 Å². The molecule has 10 heteroatoms. The number of benzene rings is 2. The molecule has 5 nitrogen and oxygen atoms in total. The Labute approximate surface area is 153 Å². The second kappa shape index (κ2) is 7.73. The molecule has 0 unspecified atom stereocenters. The molecular formula is C16H15ClF3NO4S. The van der Waals surface area contributed by atoms with Crippen molar-refractivity contribution in [3.05, 3.63) is 52.5 Å². The topological polar surface area (TPSA) is 64.6 Å². The van der Waals surface area contributed by atoms with Crippen molar-refractivity contribution in [2.24, 2.45) is 0 Å². The first-order valence-corrected chi connectivity index (χ1v) is 9.02. The highest BCUT2D eigenvalue weighted by Gasteiger charge is 2.32. The Morgan fingerprint density at radius 1 is 1.04 bits per heavy atom. The number of rotatable bonds is 6. The molecule has 0 heterocycles. The summed E-state index contributed by atoms with van der Waals surface area (Å²) < 4.78 is 75.6. The van der Waals surface area contributed by atoms with Crippen LogP contribution >= 0.6 is 11.6 Å². The molecule has 2 aromatic rings. The third-order valence-corrected chi connectivity index (χ3v) is 5.35. The van der Waals surface area contributed by atoms with Crippen molar-refractivity contribution >= 4 is 21.6 Å². The van der Waals surface area contributed by atoms with E-state index in [0.717, 1.165) is 12.1 Å². The minimum Gasteiger partial charge on any atom is -0.493 e. The van der Waals surface area contributed by atoms with Gasteiger partial charge in [-0.15, -0.1) is 0 Å². The fourth-order valence-corrected chi connectivity index (χ4v) is 3.67. The zero-order valence-electron chi connectivity index (χ0n) is 13.7. The predicted octanol–water partition coefficient (Wildman–Crippen LogP) is 3.85. The van der Waals surface area contributed by atoms with E-state index in [1.165, 1.54) is 14.2 Å². The average molecular weight is 410 g/mol. The van der Waals surface area contributed by atoms with Gasteiger partial charge in [0.05, 0.1) is 24.8 Å². The Hall–Kier alpha value is -1.97. The highest BCUT2D eigenvalue weighted by atomic mass is 35.5. The van der Waals surface area contributed by atoms with Gasteiger partial charge in [-0.2, -0.15) is 13.2 Å². The predicted molar refractivity (Wildman–Crippen MR) is 90.0 cm³/mol. The number of sulfonamides is 1. The van der Waals surface area contributed by atoms with Crippen molar-refractivity contribution in [2.75, 3.05) is 14.2 Å². The van der Waals surface area contributed by atoms with Gasteiger partial charge in [0.1, 0.15) is 4.90 Å². The number of hydrogen-bond donors (Lipinski definition) is 1. The molecule has 0 radical (unpaired) electrons. The molecule has 2 aromatic carbocycles. The first-order valence-electron chi connectivity index (χ1n) is 7.16. The van der Waals surface area contributed by atoms with Gasteiger partial charge < -0.3 is 9.47 Å². The van der Waals surface area contributed by atoms with Crippen LogP contribution in [0.25, 0.3) is 0 Å². The smallest absolute Gasteiger partial charge is 0.416 e. The fraction of sp³-hybridized carbons (Fsp3) is 0.250. The molecule has 0 saturated carbocycles. The van der Waals surface area contributed by atoms with E-state index in [-0.39, 0.29) is 11.6 Å². The van der Waals surface area contributed by atoms with E-state index in [1.54, 1.807) is 18.2 Å². The highest BCUT2D eigenvalue weighted by Crippen LogP contribution is 2.33. The zero-order chi connectivity index (χ0) is 19.5. The minimum absolute atomic E-state index is 0.171. The van der Waals surface area contributed by atoms with E-state index in [4.69, 9.17) is 21.1 Å². The Morgan fingerprint density at radius 2 is 1.69 bits per heavy atom. The zero-order valence-corrected chi connectivity index (χ0v) is 15.3. The summed E-state index contributed by atoms with van der Waals surface area (Å²) in [5, 5.41) is -0.308. The van der Waals surface area contributed by atoms with Gasteiger partial charge in [-0.25, -0.2) is 13.1 Å². The van der Waals surface area contributed by atoms with Gasteiger partial charge in [0, 0.05) is 6.54 Å². The summed E-state index contributed by atoms with van der Waals surface area (Å²) in [7, 11) is -1.38. The molecule has 0 aromatic heterocycles. The molecule has 0 aliphatic heterocycles. The lowest BCUT2D eigenvalue weighted by Gasteiger charge is -2.13. The van der Waals surface area contributed by atoms with Crippen LogP contribution in [0, 0.1) is 0 Å². The summed E-state index contributed by atoms with van der Waals surface area (Å²) in [6, 6.07) is 6.84. The molecule has 1 N–H and O–H groups in total. The summed E-state index contributed by atoms with van der Waals surface area (Å²) in [6.45, 7) is -0.171. The molecule has 0 bridgehead atoms. The van der Waals surface area contributed by atoms with Crippen molar-refractivity contribution in [3.8, 4) is 11.5 Å². The van der Waals surface area contributed by atoms with Gasteiger partial charge in [0.25, 0.3) is 0 Å². The van der Waals surface area contributed by atoms with E-state index in [0.29, 0.717) is 23.1 Å². The molecule has 0 amide bonds. The van der Waals surface area contributed by atoms with Crippen LogP contribution in [0.4, 0.5) is 13.2 Å². The Morgan fingerprint density at radius 3 is 2.27 bits per heavy atom. The molecule has 0 aliphatic rings. The third kappa shape index (κ3) is 4.60. The van der Waals surface area contributed by atoms with E-state index >= 15 is 0 Å². The van der Waals surface area contributed by atoms with Crippen molar-refractivity contribution < 1.29 is 31.1 Å². The second-order valence-electron chi connectivity index (χ2n) is 5.16. The molecule has 2 rings (SSSR count). The first-order chi connectivity index (χ1) is 12.1. The van der Waals surface area contributed by atoms with Crippen molar-refractivity contribution in [1.29, 1.82) is 0 Å². The molecule has 26 heavy (non-hydrogen) atoms. The number of alkyl halides is 3. The standard InChI is InChI=1S/C16H15ClF3NO4S/c1-24-13-6-3-10(7-14(13)25-2)9-21-26(22,23)15-8-11(16(18,19)20)4-5-12(15)17/h3-8,21H,9H2,1-2H3. The van der Waals surface area contributed by atoms with Gasteiger partial charge in [0.15, 0.2) is 11.5 Å². The highest BCUT2D eigenvalue weighted by molar-refractivity contribution is 7.89. The summed E-state index contributed by atoms with van der Waals surface area (Å²) >= 11 is 5.78. The number of methoxy groups -OCH3 is 2. The number of halogens is 4. The maximum atomic E-state index is 12.8. The SMILES string of the molecule is COc1ccc(CNS(=O)(=O)c2cc(C(F)(F)F)ccc2Cl)cc1OC. The molecular weight excluding hydrogens is 395 g/mol. The molecule has 0 atom stereocenters. The lowest BCUT2D eigenvalue weighted by molar-refractivity contribution is -0.137. The van der Waals surface area contributed by atoms with Crippen LogP contribution in [-0.2, 0) is 22.7 Å². The van der Waals surface area contributed by atoms with Crippen LogP contribution in [0.5, 0.6) is 11.5 Å². The van der Waals surface area contributed by atoms with Crippen molar-refractivity contribution in [2.45, 2.75) is 17.6 Å². The second-order valence-corrected chi connectivity index (χ2v) is 7.30. The summed E-state index contributed by atoms with van der Waals surface area (Å²) in [5.74, 6) is 0.848. The molecule has 0 fully saturated rings. The lowest BCUT2D eigenvalue weighted by Crippen LogP contribution is -2.24. The van der Waals surface area contributed by atoms with Crippen molar-refractivity contribution in [1.82, 2.24) is 4.72 Å². The number of ether oxygens (including phenoxy) is 2. The van der Waals surface area contributed by atoms with Crippen LogP contribution in [0.2, 0.25) is 5.02 Å². The van der Waals surface area contributed by atoms with E-state index in [2.05, 4.69) is 4.72 Å². The van der Waals surface area contributed by atoms with Crippen LogP contribution in [0.1, 0.15) is 11.1 Å². The summed E-state index contributed by atoms with van der Waals surface area (Å²) in [6.07, 6.45) is -4.68. The van der Waals surface area contributed by atoms with E-state index in [1.807, 2.05) is 0 Å². The largest absolute Gasteiger partial charge is 0.493 e. The maximum absolute atomic E-state index is 12.8. The monoisotopic (exact) mass is 409 g/mol. The molecule has 0 aliphatic carbocycles. The normalized spacial score (nSPS) is 12.1. The Balaban J connectivity index is 2.27. The van der Waals surface area contributed by atoms with E-state index in [9.17, 15) is 21.6 Å². The van der Waals surface area contributed by atoms with Crippen molar-refractivity contribution in [3.63, 3.8) is 0 Å². The first kappa shape index (κ1) is 20.3. The average Bonchev–Trinajstić information content (AvgIpc) is 2.58. The molecule has 0 saturated heterocycles. The van der Waals surface area contributed by atoms with E-state index < -0.39 is 26.7 Å². The quantitative estimate of drug-likeness (QED) is 0.787. The van der Waals surface area contributed by atoms with Gasteiger partial charge in [-0.05, 0) is 35.9 Å². The lowest BCUT2D eigenvalue weighted by atomic mass is 10.2. The van der Waals surface area contributed by atoms with Gasteiger partial charge >= 0.3 is 6.18 Å². The molecule has 0 spiro atoms. The number of nitrogens with one attached hydrogen (secondary N) is 1. The summed E-state index contributed by atoms with van der Waals surface area (Å²) in [4.78, 5) is -0.644. The minimum atomic E-state index is -4.68. The summed E-state index contributed by atoms with van der Waals surface area (Å²) in [5.41, 5.74) is -0.581.